The minimum Gasteiger partial charge on any atom is -0.218 e. The van der Waals surface area contributed by atoms with Crippen molar-refractivity contribution in [1.82, 2.24) is 15.0 Å². The Morgan fingerprint density at radius 1 is 0.324 bits per heavy atom. The number of aromatic nitrogens is 3. The quantitative estimate of drug-likeness (QED) is 0.104. The molecule has 0 atom stereocenters. The minimum absolute atomic E-state index is 0.907. The zero-order valence-electron chi connectivity index (χ0n) is 25.6. The van der Waals surface area contributed by atoms with Crippen molar-refractivity contribution < 1.29 is 0 Å². The van der Waals surface area contributed by atoms with E-state index >= 15 is 0 Å². The predicted octanol–water partition coefficient (Wildman–Crippen LogP) is 11.4. The smallest absolute Gasteiger partial charge is 0.132 e. The molecule has 1 rings (SSSR count). The highest BCUT2D eigenvalue weighted by molar-refractivity contribution is 4.96. The average molecular weight is 516 g/mol. The van der Waals surface area contributed by atoms with Gasteiger partial charge in [-0.1, -0.05) is 168 Å². The van der Waals surface area contributed by atoms with Crippen LogP contribution in [0.15, 0.2) is 0 Å². The fraction of sp³-hybridized carbons (Fsp3) is 0.912. The van der Waals surface area contributed by atoms with Crippen molar-refractivity contribution in [1.29, 1.82) is 0 Å². The number of unbranched alkanes of at least 4 members (excludes halogenated alkanes) is 24. The molecule has 0 fully saturated rings. The summed E-state index contributed by atoms with van der Waals surface area (Å²) >= 11 is 0. The van der Waals surface area contributed by atoms with E-state index in [1.165, 1.54) is 167 Å². The molecule has 0 aliphatic carbocycles. The topological polar surface area (TPSA) is 38.7 Å². The molecule has 0 unspecified atom stereocenters. The van der Waals surface area contributed by atoms with Crippen LogP contribution in [0.3, 0.4) is 0 Å². The first kappa shape index (κ1) is 34.0. The van der Waals surface area contributed by atoms with Gasteiger partial charge < -0.3 is 0 Å². The van der Waals surface area contributed by atoms with E-state index in [1.807, 2.05) is 6.92 Å². The average Bonchev–Trinajstić information content (AvgIpc) is 2.89. The number of rotatable bonds is 28. The number of nitrogens with zero attached hydrogens (tertiary/aromatic N) is 3. The van der Waals surface area contributed by atoms with Gasteiger partial charge in [0.1, 0.15) is 17.5 Å². The van der Waals surface area contributed by atoms with Crippen molar-refractivity contribution in [3.05, 3.63) is 17.5 Å². The fourth-order valence-electron chi connectivity index (χ4n) is 5.42. The Morgan fingerprint density at radius 3 is 0.838 bits per heavy atom. The fourth-order valence-corrected chi connectivity index (χ4v) is 5.42. The van der Waals surface area contributed by atoms with E-state index in [9.17, 15) is 0 Å². The van der Waals surface area contributed by atoms with Gasteiger partial charge in [-0.15, -0.1) is 0 Å². The zero-order valence-corrected chi connectivity index (χ0v) is 25.6. The van der Waals surface area contributed by atoms with Crippen LogP contribution in [0.4, 0.5) is 0 Å². The Balaban J connectivity index is 1.97. The zero-order chi connectivity index (χ0) is 26.7. The summed E-state index contributed by atoms with van der Waals surface area (Å²) < 4.78 is 0. The lowest BCUT2D eigenvalue weighted by Gasteiger charge is -2.06. The first-order valence-electron chi connectivity index (χ1n) is 17.0. The number of hydrogen-bond acceptors (Lipinski definition) is 3. The normalized spacial score (nSPS) is 11.4. The molecule has 3 nitrogen and oxygen atoms in total. The summed E-state index contributed by atoms with van der Waals surface area (Å²) in [6, 6.07) is 0. The molecule has 37 heavy (non-hydrogen) atoms. The van der Waals surface area contributed by atoms with E-state index in [0.717, 1.165) is 30.3 Å². The van der Waals surface area contributed by atoms with Crippen LogP contribution < -0.4 is 0 Å². The van der Waals surface area contributed by atoms with Crippen LogP contribution in [-0.2, 0) is 12.8 Å². The first-order valence-corrected chi connectivity index (χ1v) is 17.0. The summed E-state index contributed by atoms with van der Waals surface area (Å²) in [6.07, 6.45) is 38.4. The van der Waals surface area contributed by atoms with Gasteiger partial charge >= 0.3 is 0 Å². The molecule has 0 saturated carbocycles. The second-order valence-electron chi connectivity index (χ2n) is 11.7. The molecule has 1 heterocycles. The summed E-state index contributed by atoms with van der Waals surface area (Å²) in [5, 5.41) is 0. The van der Waals surface area contributed by atoms with Gasteiger partial charge in [0.15, 0.2) is 0 Å². The van der Waals surface area contributed by atoms with Crippen LogP contribution >= 0.6 is 0 Å². The molecule has 0 aliphatic rings. The molecule has 1 aromatic rings. The van der Waals surface area contributed by atoms with E-state index < -0.39 is 0 Å². The molecule has 1 aromatic heterocycles. The third kappa shape index (κ3) is 22.7. The lowest BCUT2D eigenvalue weighted by Crippen LogP contribution is -2.06. The van der Waals surface area contributed by atoms with Crippen molar-refractivity contribution in [2.75, 3.05) is 0 Å². The molecule has 0 bridgehead atoms. The van der Waals surface area contributed by atoms with Gasteiger partial charge in [0.05, 0.1) is 0 Å². The van der Waals surface area contributed by atoms with Crippen molar-refractivity contribution in [3.8, 4) is 0 Å². The van der Waals surface area contributed by atoms with Crippen LogP contribution in [-0.4, -0.2) is 15.0 Å². The SMILES string of the molecule is CCCCCCCCCCCCCCCc1nc(C)nc(CCCCCCCCCCCCCCC)n1. The molecular weight excluding hydrogens is 450 g/mol. The molecule has 0 aliphatic heterocycles. The van der Waals surface area contributed by atoms with Gasteiger partial charge in [-0.05, 0) is 19.8 Å². The Kier molecular flexibility index (Phi) is 24.5. The van der Waals surface area contributed by atoms with Gasteiger partial charge in [0, 0.05) is 12.8 Å². The minimum atomic E-state index is 0.907. The number of aryl methyl sites for hydroxylation is 3. The van der Waals surface area contributed by atoms with Crippen LogP contribution in [0.1, 0.15) is 198 Å². The van der Waals surface area contributed by atoms with Crippen LogP contribution in [0.5, 0.6) is 0 Å². The Labute approximate surface area is 232 Å². The monoisotopic (exact) mass is 516 g/mol. The summed E-state index contributed by atoms with van der Waals surface area (Å²) in [5.41, 5.74) is 0. The van der Waals surface area contributed by atoms with Crippen LogP contribution in [0, 0.1) is 6.92 Å². The molecule has 0 N–H and O–H groups in total. The Morgan fingerprint density at radius 2 is 0.568 bits per heavy atom. The van der Waals surface area contributed by atoms with Crippen molar-refractivity contribution >= 4 is 0 Å². The second-order valence-corrected chi connectivity index (χ2v) is 11.7. The predicted molar refractivity (Wildman–Crippen MR) is 163 cm³/mol. The Hall–Kier alpha value is -0.990. The second kappa shape index (κ2) is 26.6. The summed E-state index contributed by atoms with van der Waals surface area (Å²) in [5.74, 6) is 2.96. The van der Waals surface area contributed by atoms with Gasteiger partial charge in [-0.2, -0.15) is 0 Å². The van der Waals surface area contributed by atoms with Gasteiger partial charge in [0.25, 0.3) is 0 Å². The maximum Gasteiger partial charge on any atom is 0.132 e. The summed E-state index contributed by atoms with van der Waals surface area (Å²) in [6.45, 7) is 6.62. The highest BCUT2D eigenvalue weighted by atomic mass is 15.0. The van der Waals surface area contributed by atoms with E-state index in [2.05, 4.69) is 23.8 Å². The van der Waals surface area contributed by atoms with Gasteiger partial charge in [-0.3, -0.25) is 0 Å². The largest absolute Gasteiger partial charge is 0.218 e. The third-order valence-corrected chi connectivity index (χ3v) is 7.85. The van der Waals surface area contributed by atoms with Crippen LogP contribution in [0.25, 0.3) is 0 Å². The van der Waals surface area contributed by atoms with Crippen molar-refractivity contribution in [3.63, 3.8) is 0 Å². The maximum absolute atomic E-state index is 4.80. The summed E-state index contributed by atoms with van der Waals surface area (Å²) in [4.78, 5) is 14.0. The van der Waals surface area contributed by atoms with E-state index in [0.29, 0.717) is 0 Å². The highest BCUT2D eigenvalue weighted by Gasteiger charge is 2.05. The standard InChI is InChI=1S/C34H65N3/c1-4-6-8-10-12-14-16-18-20-22-24-26-28-30-33-35-32(3)36-34(37-33)31-29-27-25-23-21-19-17-15-13-11-9-7-5-2/h4-31H2,1-3H3. The molecule has 0 amide bonds. The first-order chi connectivity index (χ1) is 18.3. The molecule has 0 radical (unpaired) electrons. The van der Waals surface area contributed by atoms with E-state index in [1.54, 1.807) is 0 Å². The van der Waals surface area contributed by atoms with Crippen molar-refractivity contribution in [2.24, 2.45) is 0 Å². The molecule has 0 aromatic carbocycles. The van der Waals surface area contributed by atoms with Gasteiger partial charge in [0.2, 0.25) is 0 Å². The lowest BCUT2D eigenvalue weighted by atomic mass is 10.0. The van der Waals surface area contributed by atoms with Crippen molar-refractivity contribution in [2.45, 2.75) is 201 Å². The summed E-state index contributed by atoms with van der Waals surface area (Å²) in [7, 11) is 0. The van der Waals surface area contributed by atoms with Crippen LogP contribution in [0.2, 0.25) is 0 Å². The number of hydrogen-bond donors (Lipinski definition) is 0. The molecule has 216 valence electrons. The van der Waals surface area contributed by atoms with E-state index in [-0.39, 0.29) is 0 Å². The molecule has 0 saturated heterocycles. The highest BCUT2D eigenvalue weighted by Crippen LogP contribution is 2.15. The lowest BCUT2D eigenvalue weighted by molar-refractivity contribution is 0.535. The van der Waals surface area contributed by atoms with Gasteiger partial charge in [-0.25, -0.2) is 15.0 Å². The third-order valence-electron chi connectivity index (χ3n) is 7.85. The Bertz CT molecular complexity index is 552. The molecule has 0 spiro atoms. The molecular formula is C34H65N3. The maximum atomic E-state index is 4.80. The van der Waals surface area contributed by atoms with E-state index in [4.69, 9.17) is 4.98 Å². The molecule has 3 heteroatoms.